The monoisotopic (exact) mass is 620 g/mol. The Morgan fingerprint density at radius 2 is 1.77 bits per heavy atom. The zero-order valence-corrected chi connectivity index (χ0v) is 25.5. The van der Waals surface area contributed by atoms with E-state index in [2.05, 4.69) is 41.8 Å². The van der Waals surface area contributed by atoms with Crippen molar-refractivity contribution in [3.8, 4) is 23.1 Å². The number of hydrogen-bond acceptors (Lipinski definition) is 8. The number of anilines is 1. The van der Waals surface area contributed by atoms with Crippen molar-refractivity contribution in [3.05, 3.63) is 95.0 Å². The lowest BCUT2D eigenvalue weighted by Gasteiger charge is -2.19. The number of benzene rings is 1. The molecule has 0 unspecified atom stereocenters. The van der Waals surface area contributed by atoms with Gasteiger partial charge in [-0.05, 0) is 64.4 Å². The second-order valence-electron chi connectivity index (χ2n) is 10.6. The number of halogens is 2. The smallest absolute Gasteiger partial charge is 0.407 e. The molecule has 0 saturated carbocycles. The highest BCUT2D eigenvalue weighted by atomic mass is 32.2. The lowest BCUT2D eigenvalue weighted by atomic mass is 10.0. The molecule has 3 heterocycles. The van der Waals surface area contributed by atoms with Gasteiger partial charge in [0, 0.05) is 29.6 Å². The van der Waals surface area contributed by atoms with Gasteiger partial charge in [-0.1, -0.05) is 18.8 Å². The van der Waals surface area contributed by atoms with Crippen LogP contribution in [0.5, 0.6) is 0 Å². The largest absolute Gasteiger partial charge is 0.444 e. The second kappa shape index (κ2) is 13.1. The molecular formula is C31H30F2N6O4S. The number of amides is 1. The van der Waals surface area contributed by atoms with Crippen molar-refractivity contribution in [2.75, 3.05) is 4.72 Å². The van der Waals surface area contributed by atoms with Crippen molar-refractivity contribution >= 4 is 21.8 Å². The number of ether oxygens (including phenoxy) is 1. The van der Waals surface area contributed by atoms with Crippen LogP contribution in [0.3, 0.4) is 0 Å². The minimum absolute atomic E-state index is 0.0838. The normalized spacial score (nSPS) is 11.3. The van der Waals surface area contributed by atoms with Crippen molar-refractivity contribution in [1.29, 1.82) is 0 Å². The van der Waals surface area contributed by atoms with Crippen molar-refractivity contribution in [2.45, 2.75) is 58.1 Å². The number of carbonyl (C=O) groups excluding carboxylic acids is 1. The average molecular weight is 621 g/mol. The van der Waals surface area contributed by atoms with Crippen LogP contribution >= 0.6 is 0 Å². The topological polar surface area (TPSA) is 136 Å². The molecule has 44 heavy (non-hydrogen) atoms. The van der Waals surface area contributed by atoms with Gasteiger partial charge in [0.1, 0.15) is 28.5 Å². The van der Waals surface area contributed by atoms with Crippen LogP contribution in [0.2, 0.25) is 0 Å². The Morgan fingerprint density at radius 1 is 1.00 bits per heavy atom. The van der Waals surface area contributed by atoms with E-state index in [4.69, 9.17) is 4.74 Å². The van der Waals surface area contributed by atoms with Crippen LogP contribution in [0, 0.1) is 30.4 Å². The minimum atomic E-state index is -4.38. The summed E-state index contributed by atoms with van der Waals surface area (Å²) in [4.78, 5) is 28.7. The number of pyridine rings is 2. The van der Waals surface area contributed by atoms with Gasteiger partial charge in [-0.15, -0.1) is 0 Å². The molecule has 0 aliphatic heterocycles. The Labute approximate surface area is 254 Å². The standard InChI is InChI=1S/C31H30F2N6O4S/c1-6-26-24(29(38-18-37-26)21-8-10-23(35-16-21)17-36-30(40)43-31(3,4)5)11-7-20-13-27(19(2)34-15-20)39-44(41,42)28-12-9-22(32)14-25(28)33/h8-10,12-16,18,39H,6,17H2,1-5H3,(H,36,40). The summed E-state index contributed by atoms with van der Waals surface area (Å²) in [6.07, 6.45) is 4.54. The summed E-state index contributed by atoms with van der Waals surface area (Å²) in [5, 5.41) is 2.67. The maximum absolute atomic E-state index is 14.2. The number of nitrogens with zero attached hydrogens (tertiary/aromatic N) is 4. The van der Waals surface area contributed by atoms with Crippen LogP contribution in [0.4, 0.5) is 19.3 Å². The van der Waals surface area contributed by atoms with Gasteiger partial charge in [0.05, 0.1) is 40.6 Å². The second-order valence-corrected chi connectivity index (χ2v) is 12.2. The van der Waals surface area contributed by atoms with Crippen molar-refractivity contribution in [2.24, 2.45) is 0 Å². The molecule has 10 nitrogen and oxygen atoms in total. The molecule has 1 amide bonds. The van der Waals surface area contributed by atoms with Gasteiger partial charge < -0.3 is 10.1 Å². The molecule has 0 spiro atoms. The van der Waals surface area contributed by atoms with E-state index >= 15 is 0 Å². The van der Waals surface area contributed by atoms with Crippen molar-refractivity contribution < 1.29 is 26.7 Å². The first-order chi connectivity index (χ1) is 20.8. The zero-order chi connectivity index (χ0) is 32.1. The predicted octanol–water partition coefficient (Wildman–Crippen LogP) is 5.31. The van der Waals surface area contributed by atoms with E-state index in [1.54, 1.807) is 46.0 Å². The molecule has 2 N–H and O–H groups in total. The highest BCUT2D eigenvalue weighted by Crippen LogP contribution is 2.24. The van der Waals surface area contributed by atoms with Gasteiger partial charge in [-0.3, -0.25) is 14.7 Å². The molecule has 0 aliphatic carbocycles. The first kappa shape index (κ1) is 32.0. The number of carbonyl (C=O) groups is 1. The number of alkyl carbamates (subject to hydrolysis) is 1. The van der Waals surface area contributed by atoms with E-state index in [1.807, 2.05) is 6.92 Å². The van der Waals surface area contributed by atoms with Gasteiger partial charge in [0.25, 0.3) is 10.0 Å². The third kappa shape index (κ3) is 8.11. The molecule has 3 aromatic heterocycles. The summed E-state index contributed by atoms with van der Waals surface area (Å²) in [7, 11) is -4.38. The van der Waals surface area contributed by atoms with E-state index in [0.29, 0.717) is 52.0 Å². The Kier molecular flexibility index (Phi) is 9.54. The van der Waals surface area contributed by atoms with Crippen LogP contribution in [-0.2, 0) is 27.7 Å². The molecule has 1 aromatic carbocycles. The molecule has 0 aliphatic rings. The van der Waals surface area contributed by atoms with Gasteiger partial charge in [-0.25, -0.2) is 32.0 Å². The van der Waals surface area contributed by atoms with Gasteiger partial charge in [0.2, 0.25) is 0 Å². The Balaban J connectivity index is 1.60. The zero-order valence-electron chi connectivity index (χ0n) is 24.7. The van der Waals surface area contributed by atoms with E-state index in [1.165, 1.54) is 18.6 Å². The van der Waals surface area contributed by atoms with Crippen molar-refractivity contribution in [1.82, 2.24) is 25.3 Å². The SMILES string of the molecule is CCc1ncnc(-c2ccc(CNC(=O)OC(C)(C)C)nc2)c1C#Cc1cnc(C)c(NS(=O)(=O)c2ccc(F)cc2F)c1. The fourth-order valence-electron chi connectivity index (χ4n) is 3.92. The molecule has 0 fully saturated rings. The van der Waals surface area contributed by atoms with Gasteiger partial charge in [0.15, 0.2) is 0 Å². The number of aryl methyl sites for hydroxylation is 2. The minimum Gasteiger partial charge on any atom is -0.444 e. The highest BCUT2D eigenvalue weighted by molar-refractivity contribution is 7.92. The molecule has 4 aromatic rings. The highest BCUT2D eigenvalue weighted by Gasteiger charge is 2.21. The maximum atomic E-state index is 14.2. The maximum Gasteiger partial charge on any atom is 0.407 e. The number of hydrogen-bond donors (Lipinski definition) is 2. The Hall–Kier alpha value is -4.96. The first-order valence-electron chi connectivity index (χ1n) is 13.5. The fraction of sp³-hybridized carbons (Fsp3) is 0.258. The lowest BCUT2D eigenvalue weighted by Crippen LogP contribution is -2.32. The summed E-state index contributed by atoms with van der Waals surface area (Å²) >= 11 is 0. The molecule has 0 radical (unpaired) electrons. The molecule has 0 saturated heterocycles. The lowest BCUT2D eigenvalue weighted by molar-refractivity contribution is 0.0523. The van der Waals surface area contributed by atoms with Crippen LogP contribution in [-0.4, -0.2) is 40.0 Å². The molecule has 4 rings (SSSR count). The summed E-state index contributed by atoms with van der Waals surface area (Å²) in [6, 6.07) is 7.24. The molecule has 228 valence electrons. The number of rotatable bonds is 7. The van der Waals surface area contributed by atoms with Crippen LogP contribution < -0.4 is 10.0 Å². The predicted molar refractivity (Wildman–Crippen MR) is 160 cm³/mol. The van der Waals surface area contributed by atoms with Gasteiger partial charge in [-0.2, -0.15) is 0 Å². The number of aromatic nitrogens is 4. The summed E-state index contributed by atoms with van der Waals surface area (Å²) in [6.45, 7) is 9.01. The molecule has 13 heteroatoms. The third-order valence-electron chi connectivity index (χ3n) is 6.02. The quantitative estimate of drug-likeness (QED) is 0.266. The fourth-order valence-corrected chi connectivity index (χ4v) is 5.09. The average Bonchev–Trinajstić information content (AvgIpc) is 2.95. The summed E-state index contributed by atoms with van der Waals surface area (Å²) in [5.74, 6) is 3.96. The van der Waals surface area contributed by atoms with E-state index in [0.717, 1.165) is 12.1 Å². The summed E-state index contributed by atoms with van der Waals surface area (Å²) < 4.78 is 60.7. The molecule has 0 atom stereocenters. The van der Waals surface area contributed by atoms with Crippen molar-refractivity contribution in [3.63, 3.8) is 0 Å². The van der Waals surface area contributed by atoms with E-state index in [-0.39, 0.29) is 12.2 Å². The molecular weight excluding hydrogens is 590 g/mol. The van der Waals surface area contributed by atoms with Crippen LogP contribution in [0.15, 0.2) is 60.0 Å². The Morgan fingerprint density at radius 3 is 2.43 bits per heavy atom. The van der Waals surface area contributed by atoms with Crippen LogP contribution in [0.25, 0.3) is 11.3 Å². The Bertz CT molecular complexity index is 1870. The molecule has 0 bridgehead atoms. The third-order valence-corrected chi connectivity index (χ3v) is 7.42. The number of nitrogens with one attached hydrogen (secondary N) is 2. The van der Waals surface area contributed by atoms with Gasteiger partial charge >= 0.3 is 6.09 Å². The number of sulfonamides is 1. The van der Waals surface area contributed by atoms with E-state index in [9.17, 15) is 22.0 Å². The summed E-state index contributed by atoms with van der Waals surface area (Å²) in [5.41, 5.74) is 3.22. The first-order valence-corrected chi connectivity index (χ1v) is 15.0. The van der Waals surface area contributed by atoms with E-state index < -0.39 is 38.2 Å². The van der Waals surface area contributed by atoms with Crippen LogP contribution in [0.1, 0.15) is 55.9 Å².